The van der Waals surface area contributed by atoms with Crippen LogP contribution in [0.4, 0.5) is 0 Å². The Balaban J connectivity index is 1.86. The lowest BCUT2D eigenvalue weighted by Gasteiger charge is -2.19. The fourth-order valence-corrected chi connectivity index (χ4v) is 4.16. The fraction of sp³-hybridized carbons (Fsp3) is 0.625. The van der Waals surface area contributed by atoms with Crippen molar-refractivity contribution in [2.75, 3.05) is 6.61 Å². The molecule has 2 N–H and O–H groups in total. The number of esters is 1. The van der Waals surface area contributed by atoms with Gasteiger partial charge in [-0.25, -0.2) is 0 Å². The minimum atomic E-state index is -0.538. The third-order valence-electron chi connectivity index (χ3n) is 5.77. The lowest BCUT2D eigenvalue weighted by molar-refractivity contribution is -0.143. The van der Waals surface area contributed by atoms with Crippen LogP contribution in [0, 0.1) is 35.5 Å². The van der Waals surface area contributed by atoms with E-state index in [1.165, 1.54) is 5.57 Å². The van der Waals surface area contributed by atoms with Crippen molar-refractivity contribution in [3.05, 3.63) is 36.0 Å². The summed E-state index contributed by atoms with van der Waals surface area (Å²) in [6, 6.07) is 0. The van der Waals surface area contributed by atoms with E-state index in [0.29, 0.717) is 37.7 Å². The van der Waals surface area contributed by atoms with Crippen molar-refractivity contribution in [3.8, 4) is 11.8 Å². The number of rotatable bonds is 9. The Morgan fingerprint density at radius 1 is 1.46 bits per heavy atom. The normalized spacial score (nSPS) is 28.7. The Bertz CT molecular complexity index is 664. The highest BCUT2D eigenvalue weighted by atomic mass is 16.5. The molecule has 0 aromatic rings. The molecule has 154 valence electrons. The van der Waals surface area contributed by atoms with Crippen LogP contribution in [0.2, 0.25) is 0 Å². The first-order valence-electron chi connectivity index (χ1n) is 10.4. The Morgan fingerprint density at radius 3 is 2.96 bits per heavy atom. The van der Waals surface area contributed by atoms with Gasteiger partial charge in [-0.2, -0.15) is 0 Å². The van der Waals surface area contributed by atoms with Gasteiger partial charge in [0, 0.05) is 18.8 Å². The first kappa shape index (κ1) is 22.5. The van der Waals surface area contributed by atoms with Gasteiger partial charge in [-0.15, -0.1) is 11.8 Å². The second-order valence-corrected chi connectivity index (χ2v) is 7.88. The van der Waals surface area contributed by atoms with Crippen molar-refractivity contribution >= 4 is 5.97 Å². The Kier molecular flexibility index (Phi) is 9.02. The molecule has 0 radical (unpaired) electrons. The lowest BCUT2D eigenvalue weighted by atomic mass is 9.88. The predicted octanol–water partition coefficient (Wildman–Crippen LogP) is 3.80. The SMILES string of the molecule is CC#CCC(C)[C@H](O)C=C[C@H]1[C@H]2CC(C=CCCC(=O)OCC)=C[C@H]2C[C@H]1O. The maximum atomic E-state index is 11.4. The summed E-state index contributed by atoms with van der Waals surface area (Å²) in [5.41, 5.74) is 1.27. The van der Waals surface area contributed by atoms with E-state index in [4.69, 9.17) is 4.74 Å². The van der Waals surface area contributed by atoms with Gasteiger partial charge < -0.3 is 14.9 Å². The Hall–Kier alpha value is -1.83. The van der Waals surface area contributed by atoms with Gasteiger partial charge in [0.2, 0.25) is 0 Å². The number of carbonyl (C=O) groups is 1. The smallest absolute Gasteiger partial charge is 0.306 e. The van der Waals surface area contributed by atoms with E-state index in [9.17, 15) is 15.0 Å². The van der Waals surface area contributed by atoms with Crippen LogP contribution in [-0.4, -0.2) is 35.0 Å². The highest BCUT2D eigenvalue weighted by molar-refractivity contribution is 5.69. The molecule has 1 fully saturated rings. The maximum absolute atomic E-state index is 11.4. The van der Waals surface area contributed by atoms with Crippen LogP contribution in [0.5, 0.6) is 0 Å². The van der Waals surface area contributed by atoms with Gasteiger partial charge >= 0.3 is 5.97 Å². The molecule has 1 saturated carbocycles. The molecule has 2 aliphatic rings. The second kappa shape index (κ2) is 11.2. The molecule has 2 aliphatic carbocycles. The van der Waals surface area contributed by atoms with Crippen molar-refractivity contribution in [1.82, 2.24) is 0 Å². The third-order valence-corrected chi connectivity index (χ3v) is 5.77. The van der Waals surface area contributed by atoms with Crippen LogP contribution in [-0.2, 0) is 9.53 Å². The zero-order chi connectivity index (χ0) is 20.5. The fourth-order valence-electron chi connectivity index (χ4n) is 4.16. The average molecular weight is 387 g/mol. The zero-order valence-corrected chi connectivity index (χ0v) is 17.3. The molecular formula is C24H34O4. The Labute approximate surface area is 169 Å². The van der Waals surface area contributed by atoms with Crippen LogP contribution < -0.4 is 0 Å². The first-order valence-corrected chi connectivity index (χ1v) is 10.4. The molecule has 1 unspecified atom stereocenters. The number of carbonyl (C=O) groups excluding carboxylic acids is 1. The maximum Gasteiger partial charge on any atom is 0.306 e. The molecule has 0 aromatic heterocycles. The number of ether oxygens (including phenoxy) is 1. The molecule has 2 rings (SSSR count). The van der Waals surface area contributed by atoms with Gasteiger partial charge in [0.15, 0.2) is 0 Å². The summed E-state index contributed by atoms with van der Waals surface area (Å²) in [5, 5.41) is 20.8. The minimum absolute atomic E-state index is 0.0748. The standard InChI is InChI=1S/C24H34O4/c1-4-6-9-17(3)22(25)13-12-20-21-15-18(14-19(21)16-23(20)26)10-7-8-11-24(27)28-5-2/h7,10,12-14,17,19-23,25-26H,5,8-9,11,15-16H2,1-3H3/t17?,19-,20-,21-,22+,23+/m0/s1. The Morgan fingerprint density at radius 2 is 2.25 bits per heavy atom. The van der Waals surface area contributed by atoms with Crippen LogP contribution in [0.1, 0.15) is 52.9 Å². The van der Waals surface area contributed by atoms with Gasteiger partial charge in [-0.1, -0.05) is 42.9 Å². The largest absolute Gasteiger partial charge is 0.466 e. The van der Waals surface area contributed by atoms with Crippen molar-refractivity contribution in [3.63, 3.8) is 0 Å². The number of aliphatic hydroxyl groups excluding tert-OH is 2. The van der Waals surface area contributed by atoms with Crippen LogP contribution in [0.25, 0.3) is 0 Å². The molecule has 0 saturated heterocycles. The van der Waals surface area contributed by atoms with Crippen molar-refractivity contribution < 1.29 is 19.7 Å². The molecule has 4 heteroatoms. The number of fused-ring (bicyclic) bond motifs is 1. The van der Waals surface area contributed by atoms with E-state index in [1.807, 2.05) is 32.1 Å². The van der Waals surface area contributed by atoms with Gasteiger partial charge in [-0.05, 0) is 50.9 Å². The topological polar surface area (TPSA) is 66.8 Å². The predicted molar refractivity (Wildman–Crippen MR) is 111 cm³/mol. The van der Waals surface area contributed by atoms with Crippen LogP contribution >= 0.6 is 0 Å². The molecule has 0 spiro atoms. The summed E-state index contributed by atoms with van der Waals surface area (Å²) in [6.45, 7) is 6.03. The monoisotopic (exact) mass is 386 g/mol. The molecule has 0 aliphatic heterocycles. The summed E-state index contributed by atoms with van der Waals surface area (Å²) >= 11 is 0. The van der Waals surface area contributed by atoms with E-state index < -0.39 is 6.10 Å². The summed E-state index contributed by atoms with van der Waals surface area (Å²) in [5.74, 6) is 6.64. The van der Waals surface area contributed by atoms with E-state index in [1.54, 1.807) is 6.92 Å². The quantitative estimate of drug-likeness (QED) is 0.359. The molecule has 0 bridgehead atoms. The molecule has 0 aromatic carbocycles. The number of allylic oxidation sites excluding steroid dienone is 4. The van der Waals surface area contributed by atoms with Crippen molar-refractivity contribution in [2.45, 2.75) is 65.1 Å². The third kappa shape index (κ3) is 6.36. The van der Waals surface area contributed by atoms with E-state index in [-0.39, 0.29) is 23.9 Å². The van der Waals surface area contributed by atoms with E-state index in [2.05, 4.69) is 24.0 Å². The average Bonchev–Trinajstić information content (AvgIpc) is 3.18. The lowest BCUT2D eigenvalue weighted by Crippen LogP contribution is -2.19. The molecule has 0 amide bonds. The molecule has 4 nitrogen and oxygen atoms in total. The molecule has 6 atom stereocenters. The second-order valence-electron chi connectivity index (χ2n) is 7.88. The summed E-state index contributed by atoms with van der Waals surface area (Å²) in [7, 11) is 0. The molecule has 0 heterocycles. The number of hydrogen-bond donors (Lipinski definition) is 2. The summed E-state index contributed by atoms with van der Waals surface area (Å²) < 4.78 is 4.93. The van der Waals surface area contributed by atoms with E-state index >= 15 is 0 Å². The van der Waals surface area contributed by atoms with Crippen LogP contribution in [0.3, 0.4) is 0 Å². The number of hydrogen-bond acceptors (Lipinski definition) is 4. The van der Waals surface area contributed by atoms with Crippen molar-refractivity contribution in [1.29, 1.82) is 0 Å². The highest BCUT2D eigenvalue weighted by Gasteiger charge is 2.43. The molecular weight excluding hydrogens is 352 g/mol. The zero-order valence-electron chi connectivity index (χ0n) is 17.3. The van der Waals surface area contributed by atoms with Crippen LogP contribution in [0.15, 0.2) is 36.0 Å². The minimum Gasteiger partial charge on any atom is -0.466 e. The highest BCUT2D eigenvalue weighted by Crippen LogP contribution is 2.47. The van der Waals surface area contributed by atoms with Gasteiger partial charge in [0.1, 0.15) is 0 Å². The van der Waals surface area contributed by atoms with Gasteiger partial charge in [0.25, 0.3) is 0 Å². The van der Waals surface area contributed by atoms with Crippen molar-refractivity contribution in [2.24, 2.45) is 23.7 Å². The summed E-state index contributed by atoms with van der Waals surface area (Å²) in [6.07, 6.45) is 12.8. The first-order chi connectivity index (χ1) is 13.5. The summed E-state index contributed by atoms with van der Waals surface area (Å²) in [4.78, 5) is 11.4. The van der Waals surface area contributed by atoms with Gasteiger partial charge in [0.05, 0.1) is 18.8 Å². The van der Waals surface area contributed by atoms with E-state index in [0.717, 1.165) is 12.8 Å². The van der Waals surface area contributed by atoms with Gasteiger partial charge in [-0.3, -0.25) is 4.79 Å². The molecule has 28 heavy (non-hydrogen) atoms. The number of aliphatic hydroxyl groups is 2.